The Morgan fingerprint density at radius 1 is 1.06 bits per heavy atom. The minimum absolute atomic E-state index is 0.462. The van der Waals surface area contributed by atoms with Gasteiger partial charge in [0.05, 0.1) is 6.61 Å². The van der Waals surface area contributed by atoms with Crippen LogP contribution >= 0.6 is 0 Å². The Kier molecular flexibility index (Phi) is 3.69. The lowest BCUT2D eigenvalue weighted by molar-refractivity contribution is -0.0157. The number of nitrogens with zero attached hydrogens (tertiary/aromatic N) is 1. The monoisotopic (exact) mass is 238 g/mol. The SMILES string of the molecule is NC1CC2CCCC(C1)N2CC1CCCOC1. The molecule has 3 aliphatic rings. The molecular formula is C14H26N2O. The molecule has 3 nitrogen and oxygen atoms in total. The summed E-state index contributed by atoms with van der Waals surface area (Å²) in [7, 11) is 0. The second-order valence-electron chi connectivity index (χ2n) is 6.25. The van der Waals surface area contributed by atoms with Crippen molar-refractivity contribution in [1.82, 2.24) is 4.90 Å². The first kappa shape index (κ1) is 11.9. The van der Waals surface area contributed by atoms with Crippen LogP contribution in [0, 0.1) is 5.92 Å². The van der Waals surface area contributed by atoms with Crippen molar-refractivity contribution in [3.8, 4) is 0 Å². The number of piperidine rings is 2. The molecule has 0 radical (unpaired) electrons. The van der Waals surface area contributed by atoms with Crippen molar-refractivity contribution in [3.05, 3.63) is 0 Å². The predicted octanol–water partition coefficient (Wildman–Crippen LogP) is 1.76. The van der Waals surface area contributed by atoms with Gasteiger partial charge in [0.25, 0.3) is 0 Å². The fraction of sp³-hybridized carbons (Fsp3) is 1.00. The second-order valence-corrected chi connectivity index (χ2v) is 6.25. The van der Waals surface area contributed by atoms with Crippen molar-refractivity contribution in [2.24, 2.45) is 11.7 Å². The first-order chi connectivity index (χ1) is 8.33. The summed E-state index contributed by atoms with van der Waals surface area (Å²) in [6.07, 6.45) is 9.23. The molecule has 0 aromatic heterocycles. The third kappa shape index (κ3) is 2.67. The molecule has 0 aliphatic carbocycles. The number of fused-ring (bicyclic) bond motifs is 2. The van der Waals surface area contributed by atoms with Crippen LogP contribution in [0.15, 0.2) is 0 Å². The standard InChI is InChI=1S/C14H26N2O/c15-12-7-13-4-1-5-14(8-12)16(13)9-11-3-2-6-17-10-11/h11-14H,1-10,15H2. The number of rotatable bonds is 2. The first-order valence-corrected chi connectivity index (χ1v) is 7.42. The van der Waals surface area contributed by atoms with E-state index in [4.69, 9.17) is 10.5 Å². The maximum Gasteiger partial charge on any atom is 0.0506 e. The Labute approximate surface area is 105 Å². The summed E-state index contributed by atoms with van der Waals surface area (Å²) in [5.74, 6) is 0.779. The maximum absolute atomic E-state index is 6.17. The van der Waals surface area contributed by atoms with Gasteiger partial charge in [0.15, 0.2) is 0 Å². The quantitative estimate of drug-likeness (QED) is 0.796. The fourth-order valence-corrected chi connectivity index (χ4v) is 4.07. The molecule has 0 saturated carbocycles. The van der Waals surface area contributed by atoms with E-state index in [0.29, 0.717) is 6.04 Å². The van der Waals surface area contributed by atoms with Crippen LogP contribution in [0.2, 0.25) is 0 Å². The van der Waals surface area contributed by atoms with E-state index in [1.165, 1.54) is 51.5 Å². The zero-order chi connectivity index (χ0) is 11.7. The minimum atomic E-state index is 0.462. The third-order valence-electron chi connectivity index (χ3n) is 4.89. The van der Waals surface area contributed by atoms with Crippen LogP contribution in [0.5, 0.6) is 0 Å². The molecule has 3 rings (SSSR count). The lowest BCUT2D eigenvalue weighted by atomic mass is 9.81. The number of ether oxygens (including phenoxy) is 1. The number of nitrogens with two attached hydrogens (primary N) is 1. The minimum Gasteiger partial charge on any atom is -0.381 e. The van der Waals surface area contributed by atoms with E-state index in [2.05, 4.69) is 4.90 Å². The highest BCUT2D eigenvalue weighted by molar-refractivity contribution is 4.94. The van der Waals surface area contributed by atoms with Crippen molar-refractivity contribution >= 4 is 0 Å². The van der Waals surface area contributed by atoms with Crippen LogP contribution in [0.25, 0.3) is 0 Å². The van der Waals surface area contributed by atoms with Gasteiger partial charge in [-0.15, -0.1) is 0 Å². The van der Waals surface area contributed by atoms with E-state index >= 15 is 0 Å². The van der Waals surface area contributed by atoms with Gasteiger partial charge in [-0.2, -0.15) is 0 Å². The van der Waals surface area contributed by atoms with Gasteiger partial charge >= 0.3 is 0 Å². The summed E-state index contributed by atoms with van der Waals surface area (Å²) in [5.41, 5.74) is 6.17. The van der Waals surface area contributed by atoms with E-state index in [1.54, 1.807) is 0 Å². The van der Waals surface area contributed by atoms with E-state index in [0.717, 1.165) is 31.2 Å². The van der Waals surface area contributed by atoms with Crippen LogP contribution in [-0.4, -0.2) is 42.8 Å². The van der Waals surface area contributed by atoms with Crippen LogP contribution in [0.1, 0.15) is 44.9 Å². The molecular weight excluding hydrogens is 212 g/mol. The lowest BCUT2D eigenvalue weighted by Crippen LogP contribution is -2.56. The molecule has 0 aromatic carbocycles. The molecule has 98 valence electrons. The van der Waals surface area contributed by atoms with Gasteiger partial charge in [0, 0.05) is 31.3 Å². The Hall–Kier alpha value is -0.120. The third-order valence-corrected chi connectivity index (χ3v) is 4.89. The molecule has 0 spiro atoms. The van der Waals surface area contributed by atoms with Crippen LogP contribution in [0.3, 0.4) is 0 Å². The van der Waals surface area contributed by atoms with Gasteiger partial charge in [-0.05, 0) is 44.4 Å². The molecule has 0 amide bonds. The Morgan fingerprint density at radius 2 is 1.82 bits per heavy atom. The highest BCUT2D eigenvalue weighted by atomic mass is 16.5. The summed E-state index contributed by atoms with van der Waals surface area (Å²) in [6.45, 7) is 3.23. The summed E-state index contributed by atoms with van der Waals surface area (Å²) in [4.78, 5) is 2.78. The van der Waals surface area contributed by atoms with Gasteiger partial charge < -0.3 is 10.5 Å². The predicted molar refractivity (Wildman–Crippen MR) is 68.9 cm³/mol. The van der Waals surface area contributed by atoms with Crippen molar-refractivity contribution < 1.29 is 4.74 Å². The van der Waals surface area contributed by atoms with Crippen molar-refractivity contribution in [1.29, 1.82) is 0 Å². The Balaban J connectivity index is 1.61. The summed E-state index contributed by atoms with van der Waals surface area (Å²) >= 11 is 0. The fourth-order valence-electron chi connectivity index (χ4n) is 4.07. The number of hydrogen-bond acceptors (Lipinski definition) is 3. The van der Waals surface area contributed by atoms with Crippen molar-refractivity contribution in [3.63, 3.8) is 0 Å². The zero-order valence-electron chi connectivity index (χ0n) is 10.8. The average molecular weight is 238 g/mol. The van der Waals surface area contributed by atoms with Crippen LogP contribution in [0.4, 0.5) is 0 Å². The number of hydrogen-bond donors (Lipinski definition) is 1. The van der Waals surface area contributed by atoms with Gasteiger partial charge in [-0.25, -0.2) is 0 Å². The molecule has 3 heteroatoms. The second kappa shape index (κ2) is 5.25. The highest BCUT2D eigenvalue weighted by Gasteiger charge is 2.37. The van der Waals surface area contributed by atoms with Gasteiger partial charge in [0.1, 0.15) is 0 Å². The molecule has 3 unspecified atom stereocenters. The van der Waals surface area contributed by atoms with E-state index in [9.17, 15) is 0 Å². The maximum atomic E-state index is 6.17. The summed E-state index contributed by atoms with van der Waals surface area (Å²) < 4.78 is 5.62. The molecule has 3 saturated heterocycles. The smallest absolute Gasteiger partial charge is 0.0506 e. The van der Waals surface area contributed by atoms with Crippen LogP contribution < -0.4 is 5.73 Å². The topological polar surface area (TPSA) is 38.5 Å². The molecule has 3 fully saturated rings. The molecule has 3 atom stereocenters. The van der Waals surface area contributed by atoms with Crippen LogP contribution in [-0.2, 0) is 4.74 Å². The van der Waals surface area contributed by atoms with E-state index in [-0.39, 0.29) is 0 Å². The molecule has 3 heterocycles. The van der Waals surface area contributed by atoms with E-state index in [1.807, 2.05) is 0 Å². The molecule has 2 N–H and O–H groups in total. The molecule has 3 aliphatic heterocycles. The molecule has 17 heavy (non-hydrogen) atoms. The van der Waals surface area contributed by atoms with E-state index < -0.39 is 0 Å². The largest absolute Gasteiger partial charge is 0.381 e. The molecule has 0 aromatic rings. The highest BCUT2D eigenvalue weighted by Crippen LogP contribution is 2.34. The Bertz CT molecular complexity index is 239. The van der Waals surface area contributed by atoms with Gasteiger partial charge in [-0.1, -0.05) is 6.42 Å². The Morgan fingerprint density at radius 3 is 2.47 bits per heavy atom. The lowest BCUT2D eigenvalue weighted by Gasteiger charge is -2.49. The first-order valence-electron chi connectivity index (χ1n) is 7.42. The van der Waals surface area contributed by atoms with Crippen molar-refractivity contribution in [2.45, 2.75) is 63.1 Å². The summed E-state index contributed by atoms with van der Waals surface area (Å²) in [6, 6.07) is 2.02. The normalized spacial score (nSPS) is 43.6. The van der Waals surface area contributed by atoms with Gasteiger partial charge in [-0.3, -0.25) is 4.90 Å². The van der Waals surface area contributed by atoms with Crippen molar-refractivity contribution in [2.75, 3.05) is 19.8 Å². The zero-order valence-corrected chi connectivity index (χ0v) is 10.8. The van der Waals surface area contributed by atoms with Gasteiger partial charge in [0.2, 0.25) is 0 Å². The average Bonchev–Trinajstić information content (AvgIpc) is 2.32. The molecule has 2 bridgehead atoms. The summed E-state index contributed by atoms with van der Waals surface area (Å²) in [5, 5.41) is 0.